The summed E-state index contributed by atoms with van der Waals surface area (Å²) in [6.45, 7) is 0. The van der Waals surface area contributed by atoms with E-state index in [4.69, 9.17) is 0 Å². The molecule has 3 fully saturated rings. The second-order valence-corrected chi connectivity index (χ2v) is 10.2. The highest BCUT2D eigenvalue weighted by atomic mass is 32.2. The Bertz CT molecular complexity index is 700. The maximum absolute atomic E-state index is 12.4. The zero-order chi connectivity index (χ0) is 16.8. The fraction of sp³-hybridized carbons (Fsp3) is 0.632. The van der Waals surface area contributed by atoms with E-state index in [0.717, 1.165) is 38.5 Å². The summed E-state index contributed by atoms with van der Waals surface area (Å²) in [5.74, 6) is 1.39. The van der Waals surface area contributed by atoms with Crippen molar-refractivity contribution in [1.29, 1.82) is 0 Å². The van der Waals surface area contributed by atoms with Gasteiger partial charge in [0.1, 0.15) is 0 Å². The summed E-state index contributed by atoms with van der Waals surface area (Å²) >= 11 is 0. The smallest absolute Gasteiger partial charge is 0.223 e. The van der Waals surface area contributed by atoms with Crippen LogP contribution in [0.3, 0.4) is 0 Å². The van der Waals surface area contributed by atoms with Crippen LogP contribution in [0.25, 0.3) is 0 Å². The van der Waals surface area contributed by atoms with Crippen LogP contribution in [0.15, 0.2) is 30.3 Å². The highest BCUT2D eigenvalue weighted by Gasteiger charge is 2.57. The normalized spacial score (nSPS) is 31.0. The summed E-state index contributed by atoms with van der Waals surface area (Å²) in [5.41, 5.74) is 1.36. The fourth-order valence-corrected chi connectivity index (χ4v) is 7.17. The Balaban J connectivity index is 1.23. The van der Waals surface area contributed by atoms with Crippen LogP contribution in [-0.4, -0.2) is 31.9 Å². The number of rotatable bonds is 3. The molecule has 4 nitrogen and oxygen atoms in total. The van der Waals surface area contributed by atoms with Gasteiger partial charge in [-0.3, -0.25) is 4.79 Å². The highest BCUT2D eigenvalue weighted by molar-refractivity contribution is 7.92. The van der Waals surface area contributed by atoms with E-state index in [2.05, 4.69) is 29.6 Å². The summed E-state index contributed by atoms with van der Waals surface area (Å²) in [5, 5.41) is 3.21. The Morgan fingerprint density at radius 1 is 1.00 bits per heavy atom. The summed E-state index contributed by atoms with van der Waals surface area (Å²) < 4.78 is 22.7. The van der Waals surface area contributed by atoms with Crippen LogP contribution in [0.5, 0.6) is 0 Å². The lowest BCUT2D eigenvalue weighted by Crippen LogP contribution is -2.59. The SMILES string of the molecule is O=C(NC1CCC(c2ccccc2)CC1)C1CC2(C1)CS(=O)(=O)C2. The van der Waals surface area contributed by atoms with Crippen molar-refractivity contribution in [2.75, 3.05) is 11.5 Å². The molecule has 1 aromatic rings. The molecule has 1 aliphatic heterocycles. The zero-order valence-electron chi connectivity index (χ0n) is 13.9. The molecule has 4 rings (SSSR count). The molecule has 1 N–H and O–H groups in total. The van der Waals surface area contributed by atoms with E-state index in [0.29, 0.717) is 23.5 Å². The average Bonchev–Trinajstić information content (AvgIpc) is 2.51. The van der Waals surface area contributed by atoms with Crippen molar-refractivity contribution in [3.63, 3.8) is 0 Å². The molecule has 1 amide bonds. The molecular weight excluding hydrogens is 322 g/mol. The molecular formula is C19H25NO3S. The maximum Gasteiger partial charge on any atom is 0.223 e. The van der Waals surface area contributed by atoms with Gasteiger partial charge >= 0.3 is 0 Å². The first-order chi connectivity index (χ1) is 11.4. The third-order valence-electron chi connectivity index (χ3n) is 6.13. The van der Waals surface area contributed by atoms with Crippen molar-refractivity contribution in [3.05, 3.63) is 35.9 Å². The number of hydrogen-bond acceptors (Lipinski definition) is 3. The first-order valence-electron chi connectivity index (χ1n) is 9.01. The van der Waals surface area contributed by atoms with E-state index in [9.17, 15) is 13.2 Å². The molecule has 1 spiro atoms. The maximum atomic E-state index is 12.4. The molecule has 1 heterocycles. The Labute approximate surface area is 143 Å². The lowest BCUT2D eigenvalue weighted by atomic mass is 9.63. The van der Waals surface area contributed by atoms with Crippen LogP contribution >= 0.6 is 0 Å². The second kappa shape index (κ2) is 5.87. The van der Waals surface area contributed by atoms with Gasteiger partial charge in [0.25, 0.3) is 0 Å². The third kappa shape index (κ3) is 3.10. The molecule has 1 saturated heterocycles. The quantitative estimate of drug-likeness (QED) is 0.914. The van der Waals surface area contributed by atoms with Crippen molar-refractivity contribution in [1.82, 2.24) is 5.32 Å². The molecule has 1 aromatic carbocycles. The van der Waals surface area contributed by atoms with Crippen LogP contribution in [-0.2, 0) is 14.6 Å². The fourth-order valence-electron chi connectivity index (χ4n) is 4.91. The number of carbonyl (C=O) groups is 1. The molecule has 0 atom stereocenters. The minimum absolute atomic E-state index is 0.0346. The lowest BCUT2D eigenvalue weighted by Gasteiger charge is -2.52. The van der Waals surface area contributed by atoms with E-state index in [1.165, 1.54) is 5.56 Å². The number of hydrogen-bond donors (Lipinski definition) is 1. The van der Waals surface area contributed by atoms with Gasteiger partial charge in [0, 0.05) is 12.0 Å². The van der Waals surface area contributed by atoms with Crippen molar-refractivity contribution in [2.45, 2.75) is 50.5 Å². The molecule has 0 radical (unpaired) electrons. The predicted molar refractivity (Wildman–Crippen MR) is 93.4 cm³/mol. The molecule has 5 heteroatoms. The average molecular weight is 347 g/mol. The van der Waals surface area contributed by atoms with Crippen molar-refractivity contribution in [3.8, 4) is 0 Å². The molecule has 2 saturated carbocycles. The number of nitrogens with one attached hydrogen (secondary N) is 1. The van der Waals surface area contributed by atoms with Crippen LogP contribution < -0.4 is 5.32 Å². The van der Waals surface area contributed by atoms with E-state index >= 15 is 0 Å². The molecule has 130 valence electrons. The van der Waals surface area contributed by atoms with Gasteiger partial charge in [-0.25, -0.2) is 8.42 Å². The molecule has 0 aromatic heterocycles. The standard InChI is InChI=1S/C19H25NO3S/c21-18(16-10-19(11-16)12-24(22,23)13-19)20-17-8-6-15(7-9-17)14-4-2-1-3-5-14/h1-5,15-17H,6-13H2,(H,20,21). The number of amides is 1. The van der Waals surface area contributed by atoms with E-state index in [1.54, 1.807) is 0 Å². The summed E-state index contributed by atoms with van der Waals surface area (Å²) in [7, 11) is -2.79. The van der Waals surface area contributed by atoms with E-state index in [-0.39, 0.29) is 17.2 Å². The third-order valence-corrected chi connectivity index (χ3v) is 8.23. The second-order valence-electron chi connectivity index (χ2n) is 8.11. The Kier molecular flexibility index (Phi) is 3.94. The van der Waals surface area contributed by atoms with E-state index < -0.39 is 9.84 Å². The van der Waals surface area contributed by atoms with Gasteiger partial charge in [-0.1, -0.05) is 30.3 Å². The van der Waals surface area contributed by atoms with Gasteiger partial charge in [0.15, 0.2) is 9.84 Å². The predicted octanol–water partition coefficient (Wildman–Crippen LogP) is 2.65. The zero-order valence-corrected chi connectivity index (χ0v) is 14.7. The van der Waals surface area contributed by atoms with Gasteiger partial charge in [-0.15, -0.1) is 0 Å². The molecule has 3 aliphatic rings. The number of benzene rings is 1. The van der Waals surface area contributed by atoms with Gasteiger partial charge in [-0.05, 0) is 55.4 Å². The topological polar surface area (TPSA) is 63.2 Å². The lowest BCUT2D eigenvalue weighted by molar-refractivity contribution is -0.132. The van der Waals surface area contributed by atoms with Gasteiger partial charge < -0.3 is 5.32 Å². The summed E-state index contributed by atoms with van der Waals surface area (Å²) in [6, 6.07) is 10.9. The van der Waals surface area contributed by atoms with Crippen LogP contribution in [0.4, 0.5) is 0 Å². The Hall–Kier alpha value is -1.36. The van der Waals surface area contributed by atoms with Gasteiger partial charge in [0.05, 0.1) is 11.5 Å². The summed E-state index contributed by atoms with van der Waals surface area (Å²) in [4.78, 5) is 12.4. The highest BCUT2D eigenvalue weighted by Crippen LogP contribution is 2.53. The number of carbonyl (C=O) groups excluding carboxylic acids is 1. The molecule has 2 aliphatic carbocycles. The monoisotopic (exact) mass is 347 g/mol. The van der Waals surface area contributed by atoms with Crippen LogP contribution in [0, 0.1) is 11.3 Å². The summed E-state index contributed by atoms with van der Waals surface area (Å²) in [6.07, 6.45) is 5.85. The molecule has 0 unspecified atom stereocenters. The van der Waals surface area contributed by atoms with E-state index in [1.807, 2.05) is 6.07 Å². The largest absolute Gasteiger partial charge is 0.353 e. The van der Waals surface area contributed by atoms with Gasteiger partial charge in [-0.2, -0.15) is 0 Å². The molecule has 24 heavy (non-hydrogen) atoms. The van der Waals surface area contributed by atoms with Crippen LogP contribution in [0.1, 0.15) is 50.0 Å². The van der Waals surface area contributed by atoms with Gasteiger partial charge in [0.2, 0.25) is 5.91 Å². The number of sulfone groups is 1. The van der Waals surface area contributed by atoms with Crippen molar-refractivity contribution >= 4 is 15.7 Å². The first kappa shape index (κ1) is 16.1. The first-order valence-corrected chi connectivity index (χ1v) is 10.8. The minimum Gasteiger partial charge on any atom is -0.353 e. The Morgan fingerprint density at radius 2 is 1.62 bits per heavy atom. The minimum atomic E-state index is -2.79. The van der Waals surface area contributed by atoms with Crippen molar-refractivity contribution in [2.24, 2.45) is 11.3 Å². The van der Waals surface area contributed by atoms with Crippen LogP contribution in [0.2, 0.25) is 0 Å². The molecule has 0 bridgehead atoms. The van der Waals surface area contributed by atoms with Crippen molar-refractivity contribution < 1.29 is 13.2 Å². The Morgan fingerprint density at radius 3 is 2.21 bits per heavy atom.